The summed E-state index contributed by atoms with van der Waals surface area (Å²) in [5.41, 5.74) is 0. The normalized spacial score (nSPS) is 12.4. The van der Waals surface area contributed by atoms with Crippen molar-refractivity contribution in [3.8, 4) is 0 Å². The molecule has 1 rings (SSSR count). The summed E-state index contributed by atoms with van der Waals surface area (Å²) >= 11 is 1.60. The Morgan fingerprint density at radius 1 is 1.59 bits per heavy atom. The van der Waals surface area contributed by atoms with Gasteiger partial charge in [-0.25, -0.2) is 0 Å². The fourth-order valence-corrected chi connectivity index (χ4v) is 2.17. The fourth-order valence-electron chi connectivity index (χ4n) is 1.26. The van der Waals surface area contributed by atoms with Gasteiger partial charge in [-0.1, -0.05) is 19.0 Å². The average molecular weight is 258 g/mol. The summed E-state index contributed by atoms with van der Waals surface area (Å²) in [6.45, 7) is 3.91. The maximum Gasteiger partial charge on any atom is 0.309 e. The minimum atomic E-state index is -0.183. The Hall–Kier alpha value is -1.04. The van der Waals surface area contributed by atoms with Crippen molar-refractivity contribution in [2.45, 2.75) is 32.4 Å². The first-order valence-electron chi connectivity index (χ1n) is 5.64. The zero-order valence-electron chi connectivity index (χ0n) is 10.4. The number of hydrogen-bond donors (Lipinski definition) is 0. The number of methoxy groups -OCH3 is 1. The molecule has 0 saturated carbocycles. The van der Waals surface area contributed by atoms with Gasteiger partial charge in [0.25, 0.3) is 0 Å². The molecule has 0 aliphatic heterocycles. The quantitative estimate of drug-likeness (QED) is 0.697. The van der Waals surface area contributed by atoms with E-state index in [-0.39, 0.29) is 11.9 Å². The van der Waals surface area contributed by atoms with Crippen LogP contribution in [0.15, 0.2) is 4.52 Å². The van der Waals surface area contributed by atoms with E-state index in [0.29, 0.717) is 23.2 Å². The van der Waals surface area contributed by atoms with Crippen LogP contribution in [0, 0.1) is 5.92 Å². The number of rotatable bonds is 7. The summed E-state index contributed by atoms with van der Waals surface area (Å²) < 4.78 is 9.71. The molecule has 1 aromatic rings. The van der Waals surface area contributed by atoms with Crippen LogP contribution in [0.1, 0.15) is 32.0 Å². The predicted molar refractivity (Wildman–Crippen MR) is 65.6 cm³/mol. The molecule has 1 aromatic heterocycles. The molecule has 0 spiro atoms. The molecule has 1 heterocycles. The summed E-state index contributed by atoms with van der Waals surface area (Å²) in [7, 11) is 1.40. The Bertz CT molecular complexity index is 354. The maximum absolute atomic E-state index is 11.2. The molecular formula is C11H18N2O3S. The molecule has 17 heavy (non-hydrogen) atoms. The lowest BCUT2D eigenvalue weighted by Crippen LogP contribution is -2.14. The van der Waals surface area contributed by atoms with Crippen molar-refractivity contribution < 1.29 is 14.1 Å². The van der Waals surface area contributed by atoms with Crippen LogP contribution in [-0.4, -0.2) is 29.0 Å². The Morgan fingerprint density at radius 2 is 2.35 bits per heavy atom. The van der Waals surface area contributed by atoms with Crippen LogP contribution in [0.2, 0.25) is 0 Å². The average Bonchev–Trinajstić information content (AvgIpc) is 2.76. The summed E-state index contributed by atoms with van der Waals surface area (Å²) in [6.07, 6.45) is 1.81. The highest BCUT2D eigenvalue weighted by atomic mass is 32.2. The Kier molecular flexibility index (Phi) is 6.04. The van der Waals surface area contributed by atoms with Crippen molar-refractivity contribution in [2.24, 2.45) is 5.92 Å². The molecule has 0 radical (unpaired) electrons. The van der Waals surface area contributed by atoms with E-state index in [2.05, 4.69) is 21.8 Å². The predicted octanol–water partition coefficient (Wildman–Crippen LogP) is 2.06. The second kappa shape index (κ2) is 7.32. The van der Waals surface area contributed by atoms with Crippen LogP contribution in [0.4, 0.5) is 0 Å². The molecule has 0 amide bonds. The molecule has 96 valence electrons. The molecule has 1 atom stereocenters. The largest absolute Gasteiger partial charge is 0.469 e. The highest BCUT2D eigenvalue weighted by Crippen LogP contribution is 2.14. The van der Waals surface area contributed by atoms with E-state index in [9.17, 15) is 4.79 Å². The van der Waals surface area contributed by atoms with Gasteiger partial charge in [-0.3, -0.25) is 4.79 Å². The molecule has 0 saturated heterocycles. The number of aromatic nitrogens is 2. The van der Waals surface area contributed by atoms with Crippen molar-refractivity contribution in [3.63, 3.8) is 0 Å². The van der Waals surface area contributed by atoms with Gasteiger partial charge in [-0.15, -0.1) is 0 Å². The van der Waals surface area contributed by atoms with E-state index in [1.807, 2.05) is 6.92 Å². The summed E-state index contributed by atoms with van der Waals surface area (Å²) in [6, 6.07) is 0. The molecule has 0 aromatic carbocycles. The topological polar surface area (TPSA) is 65.2 Å². The molecule has 6 heteroatoms. The second-order valence-corrected chi connectivity index (χ2v) is 4.82. The van der Waals surface area contributed by atoms with Crippen molar-refractivity contribution in [1.82, 2.24) is 10.1 Å². The highest BCUT2D eigenvalue weighted by Gasteiger charge is 2.13. The van der Waals surface area contributed by atoms with Crippen molar-refractivity contribution in [1.29, 1.82) is 0 Å². The SMILES string of the molecule is CCCc1nc(CSCC(C)C(=O)OC)no1. The van der Waals surface area contributed by atoms with E-state index in [1.165, 1.54) is 7.11 Å². The molecule has 5 nitrogen and oxygen atoms in total. The van der Waals surface area contributed by atoms with Crippen LogP contribution in [0.3, 0.4) is 0 Å². The third-order valence-electron chi connectivity index (χ3n) is 2.18. The van der Waals surface area contributed by atoms with Gasteiger partial charge in [-0.05, 0) is 6.42 Å². The number of thioether (sulfide) groups is 1. The number of aryl methyl sites for hydroxylation is 1. The van der Waals surface area contributed by atoms with Gasteiger partial charge in [-0.2, -0.15) is 16.7 Å². The molecule has 0 N–H and O–H groups in total. The molecule has 0 aliphatic carbocycles. The molecular weight excluding hydrogens is 240 g/mol. The summed E-state index contributed by atoms with van der Waals surface area (Å²) in [5.74, 6) is 2.45. The van der Waals surface area contributed by atoms with E-state index >= 15 is 0 Å². The number of hydrogen-bond acceptors (Lipinski definition) is 6. The minimum Gasteiger partial charge on any atom is -0.469 e. The number of esters is 1. The molecule has 0 fully saturated rings. The maximum atomic E-state index is 11.2. The van der Waals surface area contributed by atoms with E-state index < -0.39 is 0 Å². The first-order chi connectivity index (χ1) is 8.17. The highest BCUT2D eigenvalue weighted by molar-refractivity contribution is 7.98. The van der Waals surface area contributed by atoms with Gasteiger partial charge in [0.2, 0.25) is 5.89 Å². The first-order valence-corrected chi connectivity index (χ1v) is 6.79. The lowest BCUT2D eigenvalue weighted by atomic mass is 10.2. The van der Waals surface area contributed by atoms with E-state index in [1.54, 1.807) is 11.8 Å². The Labute approximate surface area is 105 Å². The number of carbonyl (C=O) groups excluding carboxylic acids is 1. The van der Waals surface area contributed by atoms with Crippen LogP contribution in [0.25, 0.3) is 0 Å². The number of carbonyl (C=O) groups is 1. The van der Waals surface area contributed by atoms with Crippen LogP contribution in [-0.2, 0) is 21.7 Å². The van der Waals surface area contributed by atoms with Crippen molar-refractivity contribution in [3.05, 3.63) is 11.7 Å². The molecule has 1 unspecified atom stereocenters. The molecule has 0 bridgehead atoms. The van der Waals surface area contributed by atoms with Crippen LogP contribution in [0.5, 0.6) is 0 Å². The fraction of sp³-hybridized carbons (Fsp3) is 0.727. The lowest BCUT2D eigenvalue weighted by molar-refractivity contribution is -0.143. The third-order valence-corrected chi connectivity index (χ3v) is 3.37. The Morgan fingerprint density at radius 3 is 3.00 bits per heavy atom. The number of nitrogens with zero attached hydrogens (tertiary/aromatic N) is 2. The zero-order valence-corrected chi connectivity index (χ0v) is 11.2. The van der Waals surface area contributed by atoms with Crippen LogP contribution < -0.4 is 0 Å². The van der Waals surface area contributed by atoms with Gasteiger partial charge >= 0.3 is 5.97 Å². The van der Waals surface area contributed by atoms with Crippen molar-refractivity contribution >= 4 is 17.7 Å². The minimum absolute atomic E-state index is 0.105. The number of ether oxygens (including phenoxy) is 1. The van der Waals surface area contributed by atoms with Gasteiger partial charge in [0.05, 0.1) is 18.8 Å². The van der Waals surface area contributed by atoms with Crippen molar-refractivity contribution in [2.75, 3.05) is 12.9 Å². The Balaban J connectivity index is 2.28. The first kappa shape index (κ1) is 14.0. The second-order valence-electron chi connectivity index (χ2n) is 3.79. The van der Waals surface area contributed by atoms with Gasteiger partial charge < -0.3 is 9.26 Å². The van der Waals surface area contributed by atoms with Gasteiger partial charge in [0.15, 0.2) is 5.82 Å². The van der Waals surface area contributed by atoms with Gasteiger partial charge in [0, 0.05) is 12.2 Å². The molecule has 0 aliphatic rings. The lowest BCUT2D eigenvalue weighted by Gasteiger charge is -2.06. The monoisotopic (exact) mass is 258 g/mol. The summed E-state index contributed by atoms with van der Waals surface area (Å²) in [5, 5.41) is 3.87. The smallest absolute Gasteiger partial charge is 0.309 e. The van der Waals surface area contributed by atoms with Crippen LogP contribution >= 0.6 is 11.8 Å². The van der Waals surface area contributed by atoms with E-state index in [4.69, 9.17) is 4.52 Å². The van der Waals surface area contributed by atoms with E-state index in [0.717, 1.165) is 12.8 Å². The third kappa shape index (κ3) is 4.77. The summed E-state index contributed by atoms with van der Waals surface area (Å²) in [4.78, 5) is 15.4. The zero-order chi connectivity index (χ0) is 12.7. The standard InChI is InChI=1S/C11H18N2O3S/c1-4-5-10-12-9(13-16-10)7-17-6-8(2)11(14)15-3/h8H,4-7H2,1-3H3. The van der Waals surface area contributed by atoms with Gasteiger partial charge in [0.1, 0.15) is 0 Å².